The van der Waals surface area contributed by atoms with Crippen LogP contribution in [0.4, 0.5) is 5.95 Å². The Morgan fingerprint density at radius 3 is 3.07 bits per heavy atom. The standard InChI is InChI=1S/C8H12N4OS2/c1-15(13)5-4-11-8-10-3-2-6(12-8)7(9)14/h2-3H,4-5H2,1H3,(H2,9,14)(H,10,11,12). The zero-order valence-corrected chi connectivity index (χ0v) is 9.90. The van der Waals surface area contributed by atoms with E-state index in [2.05, 4.69) is 15.3 Å². The Bertz CT molecular complexity index is 383. The van der Waals surface area contributed by atoms with Gasteiger partial charge >= 0.3 is 0 Å². The highest BCUT2D eigenvalue weighted by Crippen LogP contribution is 1.99. The Hall–Kier alpha value is -1.08. The molecule has 5 nitrogen and oxygen atoms in total. The highest BCUT2D eigenvalue weighted by Gasteiger charge is 2.00. The molecule has 3 N–H and O–H groups in total. The maximum atomic E-state index is 10.8. The summed E-state index contributed by atoms with van der Waals surface area (Å²) in [7, 11) is -0.822. The predicted octanol–water partition coefficient (Wildman–Crippen LogP) is -0.0988. The fourth-order valence-electron chi connectivity index (χ4n) is 0.888. The average molecular weight is 244 g/mol. The summed E-state index contributed by atoms with van der Waals surface area (Å²) in [4.78, 5) is 8.30. The minimum atomic E-state index is -0.822. The first kappa shape index (κ1) is 12.0. The number of nitrogens with two attached hydrogens (primary N) is 1. The summed E-state index contributed by atoms with van der Waals surface area (Å²) in [6.07, 6.45) is 3.22. The Morgan fingerprint density at radius 2 is 2.47 bits per heavy atom. The van der Waals surface area contributed by atoms with E-state index in [1.807, 2.05) is 0 Å². The van der Waals surface area contributed by atoms with E-state index in [1.54, 1.807) is 18.5 Å². The fourth-order valence-corrected chi connectivity index (χ4v) is 1.39. The maximum Gasteiger partial charge on any atom is 0.223 e. The van der Waals surface area contributed by atoms with Crippen molar-refractivity contribution in [2.24, 2.45) is 5.73 Å². The normalized spacial score (nSPS) is 12.1. The quantitative estimate of drug-likeness (QED) is 0.704. The highest BCUT2D eigenvalue weighted by molar-refractivity contribution is 7.84. The number of hydrogen-bond donors (Lipinski definition) is 2. The van der Waals surface area contributed by atoms with Gasteiger partial charge < -0.3 is 11.1 Å². The minimum absolute atomic E-state index is 0.236. The number of hydrogen-bond acceptors (Lipinski definition) is 5. The molecule has 15 heavy (non-hydrogen) atoms. The summed E-state index contributed by atoms with van der Waals surface area (Å²) < 4.78 is 10.8. The van der Waals surface area contributed by atoms with Crippen LogP contribution in [0.5, 0.6) is 0 Å². The molecule has 0 amide bonds. The smallest absolute Gasteiger partial charge is 0.223 e. The van der Waals surface area contributed by atoms with Crippen LogP contribution in [0.3, 0.4) is 0 Å². The van der Waals surface area contributed by atoms with Crippen LogP contribution in [-0.2, 0) is 10.8 Å². The Kier molecular flexibility index (Phi) is 4.57. The molecule has 1 unspecified atom stereocenters. The molecule has 0 aliphatic heterocycles. The molecular weight excluding hydrogens is 232 g/mol. The first-order chi connectivity index (χ1) is 7.09. The number of anilines is 1. The summed E-state index contributed by atoms with van der Waals surface area (Å²) in [5, 5.41) is 2.94. The second kappa shape index (κ2) is 5.72. The van der Waals surface area contributed by atoms with E-state index in [9.17, 15) is 4.21 Å². The number of aromatic nitrogens is 2. The van der Waals surface area contributed by atoms with Crippen LogP contribution >= 0.6 is 12.2 Å². The van der Waals surface area contributed by atoms with Crippen molar-refractivity contribution in [2.45, 2.75) is 0 Å². The van der Waals surface area contributed by atoms with Crippen molar-refractivity contribution in [1.82, 2.24) is 9.97 Å². The second-order valence-electron chi connectivity index (χ2n) is 2.83. The summed E-state index contributed by atoms with van der Waals surface area (Å²) in [5.74, 6) is 1.01. The van der Waals surface area contributed by atoms with Crippen molar-refractivity contribution in [3.8, 4) is 0 Å². The van der Waals surface area contributed by atoms with Gasteiger partial charge in [-0.2, -0.15) is 0 Å². The van der Waals surface area contributed by atoms with Crippen molar-refractivity contribution in [1.29, 1.82) is 0 Å². The largest absolute Gasteiger partial charge is 0.388 e. The van der Waals surface area contributed by atoms with E-state index < -0.39 is 10.8 Å². The van der Waals surface area contributed by atoms with Gasteiger partial charge in [-0.1, -0.05) is 12.2 Å². The van der Waals surface area contributed by atoms with Crippen molar-refractivity contribution in [3.63, 3.8) is 0 Å². The van der Waals surface area contributed by atoms with E-state index in [1.165, 1.54) is 0 Å². The van der Waals surface area contributed by atoms with Gasteiger partial charge in [0.2, 0.25) is 5.95 Å². The highest BCUT2D eigenvalue weighted by atomic mass is 32.2. The van der Waals surface area contributed by atoms with E-state index in [-0.39, 0.29) is 4.99 Å². The molecule has 0 bridgehead atoms. The molecule has 1 heterocycles. The molecule has 0 saturated carbocycles. The SMILES string of the molecule is CS(=O)CCNc1nccc(C(N)=S)n1. The third-order valence-corrected chi connectivity index (χ3v) is 2.57. The number of thiocarbonyl (C=S) groups is 1. The van der Waals surface area contributed by atoms with Gasteiger partial charge in [-0.15, -0.1) is 0 Å². The second-order valence-corrected chi connectivity index (χ2v) is 4.83. The average Bonchev–Trinajstić information content (AvgIpc) is 2.17. The first-order valence-electron chi connectivity index (χ1n) is 4.26. The van der Waals surface area contributed by atoms with Crippen molar-refractivity contribution in [2.75, 3.05) is 23.9 Å². The first-order valence-corrected chi connectivity index (χ1v) is 6.40. The predicted molar refractivity (Wildman–Crippen MR) is 65.3 cm³/mol. The van der Waals surface area contributed by atoms with Crippen LogP contribution in [-0.4, -0.2) is 37.7 Å². The molecule has 0 aromatic carbocycles. The lowest BCUT2D eigenvalue weighted by molar-refractivity contribution is 0.687. The molecule has 1 atom stereocenters. The molecule has 0 spiro atoms. The van der Waals surface area contributed by atoms with E-state index in [0.29, 0.717) is 23.9 Å². The monoisotopic (exact) mass is 244 g/mol. The van der Waals surface area contributed by atoms with Crippen LogP contribution in [0.1, 0.15) is 5.69 Å². The Morgan fingerprint density at radius 1 is 1.73 bits per heavy atom. The topological polar surface area (TPSA) is 80.9 Å². The third kappa shape index (κ3) is 4.30. The lowest BCUT2D eigenvalue weighted by Gasteiger charge is -2.04. The number of nitrogens with one attached hydrogen (secondary N) is 1. The van der Waals surface area contributed by atoms with E-state index in [4.69, 9.17) is 18.0 Å². The fraction of sp³-hybridized carbons (Fsp3) is 0.375. The molecule has 1 aromatic heterocycles. The van der Waals surface area contributed by atoms with Crippen LogP contribution in [0, 0.1) is 0 Å². The molecule has 7 heteroatoms. The van der Waals surface area contributed by atoms with Gasteiger partial charge in [0.05, 0.1) is 0 Å². The summed E-state index contributed by atoms with van der Waals surface area (Å²) in [5.41, 5.74) is 5.95. The van der Waals surface area contributed by atoms with Crippen LogP contribution in [0.15, 0.2) is 12.3 Å². The molecule has 0 aliphatic rings. The van der Waals surface area contributed by atoms with Crippen LogP contribution < -0.4 is 11.1 Å². The van der Waals surface area contributed by atoms with Crippen molar-refractivity contribution >= 4 is 34.0 Å². The maximum absolute atomic E-state index is 10.8. The molecule has 82 valence electrons. The molecule has 0 radical (unpaired) electrons. The summed E-state index contributed by atoms with van der Waals surface area (Å²) in [6.45, 7) is 0.559. The Balaban J connectivity index is 2.58. The molecule has 0 fully saturated rings. The minimum Gasteiger partial charge on any atom is -0.388 e. The van der Waals surface area contributed by atoms with E-state index in [0.717, 1.165) is 0 Å². The van der Waals surface area contributed by atoms with Crippen LogP contribution in [0.2, 0.25) is 0 Å². The summed E-state index contributed by atoms with van der Waals surface area (Å²) in [6, 6.07) is 1.64. The van der Waals surface area contributed by atoms with Gasteiger partial charge in [-0.3, -0.25) is 4.21 Å². The lowest BCUT2D eigenvalue weighted by Crippen LogP contribution is -2.16. The zero-order chi connectivity index (χ0) is 11.3. The molecule has 0 aliphatic carbocycles. The van der Waals surface area contributed by atoms with Gasteiger partial charge in [0.15, 0.2) is 0 Å². The summed E-state index contributed by atoms with van der Waals surface area (Å²) >= 11 is 4.79. The van der Waals surface area contributed by atoms with Gasteiger partial charge in [0.1, 0.15) is 10.7 Å². The zero-order valence-electron chi connectivity index (χ0n) is 8.27. The number of rotatable bonds is 5. The van der Waals surface area contributed by atoms with Gasteiger partial charge in [-0.25, -0.2) is 9.97 Å². The third-order valence-electron chi connectivity index (χ3n) is 1.58. The van der Waals surface area contributed by atoms with E-state index >= 15 is 0 Å². The van der Waals surface area contributed by atoms with Crippen molar-refractivity contribution < 1.29 is 4.21 Å². The lowest BCUT2D eigenvalue weighted by atomic mass is 10.4. The van der Waals surface area contributed by atoms with Crippen LogP contribution in [0.25, 0.3) is 0 Å². The van der Waals surface area contributed by atoms with Gasteiger partial charge in [0, 0.05) is 35.5 Å². The molecular formula is C8H12N4OS2. The molecule has 1 aromatic rings. The Labute approximate surface area is 96.0 Å². The van der Waals surface area contributed by atoms with Gasteiger partial charge in [0.25, 0.3) is 0 Å². The van der Waals surface area contributed by atoms with Crippen molar-refractivity contribution in [3.05, 3.63) is 18.0 Å². The molecule has 0 saturated heterocycles. The van der Waals surface area contributed by atoms with Gasteiger partial charge in [-0.05, 0) is 6.07 Å². The number of nitrogens with zero attached hydrogens (tertiary/aromatic N) is 2. The molecule has 1 rings (SSSR count).